The number of benzene rings is 1. The van der Waals surface area contributed by atoms with Crippen LogP contribution in [0.4, 0.5) is 0 Å². The lowest BCUT2D eigenvalue weighted by Crippen LogP contribution is -2.45. The summed E-state index contributed by atoms with van der Waals surface area (Å²) in [5, 5.41) is 31.5. The van der Waals surface area contributed by atoms with Gasteiger partial charge < -0.3 is 20.1 Å². The van der Waals surface area contributed by atoms with Crippen LogP contribution in [0.2, 0.25) is 0 Å². The Morgan fingerprint density at radius 3 is 2.24 bits per heavy atom. The van der Waals surface area contributed by atoms with Crippen molar-refractivity contribution in [3.05, 3.63) is 28.0 Å². The van der Waals surface area contributed by atoms with E-state index in [-0.39, 0.29) is 40.2 Å². The van der Waals surface area contributed by atoms with Crippen LogP contribution in [-0.2, 0) is 15.0 Å². The second-order valence-corrected chi connectivity index (χ2v) is 6.67. The number of aromatic hydroxyl groups is 2. The van der Waals surface area contributed by atoms with Gasteiger partial charge in [0.2, 0.25) is 0 Å². The van der Waals surface area contributed by atoms with Crippen molar-refractivity contribution in [3.63, 3.8) is 0 Å². The zero-order chi connectivity index (χ0) is 18.8. The van der Waals surface area contributed by atoms with Crippen LogP contribution in [0.25, 0.3) is 0 Å². The van der Waals surface area contributed by atoms with Crippen molar-refractivity contribution in [2.75, 3.05) is 0 Å². The Hall–Kier alpha value is -2.83. The molecule has 0 bridgehead atoms. The minimum absolute atomic E-state index is 0.0588. The topological polar surface area (TPSA) is 121 Å². The minimum atomic E-state index is -1.38. The number of phenolic OH excluding ortho intramolecular Hbond substituents is 2. The second kappa shape index (κ2) is 5.08. The molecule has 132 valence electrons. The van der Waals surface area contributed by atoms with Crippen molar-refractivity contribution in [1.82, 2.24) is 0 Å². The van der Waals surface area contributed by atoms with E-state index in [4.69, 9.17) is 4.74 Å². The summed E-state index contributed by atoms with van der Waals surface area (Å²) < 4.78 is 5.72. The standard InChI is InChI=1S/C18H18O7/c1-6-14(22)12(8(3)20)16-13(15(6)23)18(4)10(25-16)5-9(21)11(7(2)19)17(18)24/h10,22-24H,5H2,1-4H3/t10-,18+/m1/s1. The maximum atomic E-state index is 12.2. The van der Waals surface area contributed by atoms with Crippen LogP contribution < -0.4 is 4.74 Å². The third kappa shape index (κ3) is 1.95. The molecule has 1 aromatic rings. The van der Waals surface area contributed by atoms with Gasteiger partial charge in [0.15, 0.2) is 17.3 Å². The van der Waals surface area contributed by atoms with E-state index in [1.165, 1.54) is 27.7 Å². The lowest BCUT2D eigenvalue weighted by atomic mass is 9.68. The number of Topliss-reactive ketones (excluding diaryl/α,β-unsaturated/α-hetero) is 3. The number of phenols is 2. The fourth-order valence-corrected chi connectivity index (χ4v) is 3.72. The van der Waals surface area contributed by atoms with Crippen molar-refractivity contribution in [2.24, 2.45) is 0 Å². The van der Waals surface area contributed by atoms with Gasteiger partial charge in [-0.15, -0.1) is 0 Å². The number of allylic oxidation sites excluding steroid dienone is 1. The Labute approximate surface area is 143 Å². The molecule has 0 saturated carbocycles. The lowest BCUT2D eigenvalue weighted by molar-refractivity contribution is -0.123. The van der Waals surface area contributed by atoms with Crippen molar-refractivity contribution in [3.8, 4) is 17.2 Å². The SMILES string of the molecule is CC(=O)C1=C(O)[C@]2(C)c3c(O)c(C)c(O)c(C(C)=O)c3O[C@@H]2CC1=O. The number of fused-ring (bicyclic) bond motifs is 3. The molecule has 0 amide bonds. The zero-order valence-corrected chi connectivity index (χ0v) is 14.3. The number of carbonyl (C=O) groups is 3. The molecular weight excluding hydrogens is 328 g/mol. The first kappa shape index (κ1) is 17.0. The van der Waals surface area contributed by atoms with E-state index in [2.05, 4.69) is 0 Å². The van der Waals surface area contributed by atoms with Gasteiger partial charge in [-0.3, -0.25) is 14.4 Å². The van der Waals surface area contributed by atoms with Gasteiger partial charge in [0, 0.05) is 12.0 Å². The highest BCUT2D eigenvalue weighted by atomic mass is 16.5. The molecule has 0 spiro atoms. The van der Waals surface area contributed by atoms with Crippen molar-refractivity contribution >= 4 is 17.3 Å². The molecule has 1 aliphatic carbocycles. The summed E-state index contributed by atoms with van der Waals surface area (Å²) in [7, 11) is 0. The Morgan fingerprint density at radius 1 is 1.12 bits per heavy atom. The largest absolute Gasteiger partial charge is 0.510 e. The van der Waals surface area contributed by atoms with Crippen LogP contribution in [0.3, 0.4) is 0 Å². The summed E-state index contributed by atoms with van der Waals surface area (Å²) in [6, 6.07) is 0. The van der Waals surface area contributed by atoms with E-state index in [0.717, 1.165) is 0 Å². The molecule has 7 nitrogen and oxygen atoms in total. The third-order valence-electron chi connectivity index (χ3n) is 5.14. The van der Waals surface area contributed by atoms with Crippen LogP contribution >= 0.6 is 0 Å². The molecule has 25 heavy (non-hydrogen) atoms. The molecule has 1 aliphatic heterocycles. The number of aliphatic hydroxyl groups excluding tert-OH is 1. The van der Waals surface area contributed by atoms with Gasteiger partial charge >= 0.3 is 0 Å². The Kier molecular flexibility index (Phi) is 3.46. The van der Waals surface area contributed by atoms with Crippen molar-refractivity contribution < 1.29 is 34.4 Å². The predicted molar refractivity (Wildman–Crippen MR) is 86.2 cm³/mol. The quantitative estimate of drug-likeness (QED) is 0.553. The summed E-state index contributed by atoms with van der Waals surface area (Å²) >= 11 is 0. The molecule has 3 N–H and O–H groups in total. The van der Waals surface area contributed by atoms with E-state index in [0.29, 0.717) is 0 Å². The van der Waals surface area contributed by atoms with Crippen LogP contribution in [0.15, 0.2) is 11.3 Å². The lowest BCUT2D eigenvalue weighted by Gasteiger charge is -2.34. The molecule has 0 aromatic heterocycles. The Bertz CT molecular complexity index is 893. The molecular formula is C18H18O7. The van der Waals surface area contributed by atoms with E-state index < -0.39 is 40.4 Å². The maximum absolute atomic E-state index is 12.2. The summed E-state index contributed by atoms with van der Waals surface area (Å²) in [4.78, 5) is 36.0. The van der Waals surface area contributed by atoms with Crippen LogP contribution in [-0.4, -0.2) is 38.8 Å². The summed E-state index contributed by atoms with van der Waals surface area (Å²) in [5.74, 6) is -2.94. The highest BCUT2D eigenvalue weighted by Gasteiger charge is 2.57. The number of rotatable bonds is 2. The normalized spacial score (nSPS) is 24.6. The van der Waals surface area contributed by atoms with Crippen LogP contribution in [0.1, 0.15) is 48.7 Å². The first-order valence-electron chi connectivity index (χ1n) is 7.77. The Morgan fingerprint density at radius 2 is 1.72 bits per heavy atom. The molecule has 7 heteroatoms. The maximum Gasteiger partial charge on any atom is 0.173 e. The number of ether oxygens (including phenoxy) is 1. The van der Waals surface area contributed by atoms with E-state index >= 15 is 0 Å². The number of hydrogen-bond donors (Lipinski definition) is 3. The average molecular weight is 346 g/mol. The Balaban J connectivity index is 2.43. The number of hydrogen-bond acceptors (Lipinski definition) is 7. The van der Waals surface area contributed by atoms with Gasteiger partial charge in [0.25, 0.3) is 0 Å². The van der Waals surface area contributed by atoms with Gasteiger partial charge in [-0.25, -0.2) is 0 Å². The van der Waals surface area contributed by atoms with Gasteiger partial charge in [0.05, 0.1) is 16.6 Å². The van der Waals surface area contributed by atoms with E-state index in [1.54, 1.807) is 0 Å². The summed E-state index contributed by atoms with van der Waals surface area (Å²) in [6.45, 7) is 5.37. The highest BCUT2D eigenvalue weighted by Crippen LogP contribution is 2.58. The average Bonchev–Trinajstić information content (AvgIpc) is 2.78. The molecule has 2 atom stereocenters. The number of aliphatic hydroxyl groups is 1. The predicted octanol–water partition coefficient (Wildman–Crippen LogP) is 2.00. The van der Waals surface area contributed by atoms with Crippen LogP contribution in [0, 0.1) is 6.92 Å². The highest BCUT2D eigenvalue weighted by molar-refractivity contribution is 6.21. The molecule has 3 rings (SSSR count). The minimum Gasteiger partial charge on any atom is -0.510 e. The van der Waals surface area contributed by atoms with E-state index in [1.807, 2.05) is 0 Å². The van der Waals surface area contributed by atoms with Gasteiger partial charge in [-0.2, -0.15) is 0 Å². The van der Waals surface area contributed by atoms with Gasteiger partial charge in [0.1, 0.15) is 34.7 Å². The van der Waals surface area contributed by atoms with Crippen molar-refractivity contribution in [2.45, 2.75) is 45.6 Å². The fourth-order valence-electron chi connectivity index (χ4n) is 3.72. The van der Waals surface area contributed by atoms with Gasteiger partial charge in [-0.1, -0.05) is 0 Å². The van der Waals surface area contributed by atoms with Gasteiger partial charge in [-0.05, 0) is 27.7 Å². The zero-order valence-electron chi connectivity index (χ0n) is 14.3. The fraction of sp³-hybridized carbons (Fsp3) is 0.389. The number of ketones is 3. The molecule has 0 saturated heterocycles. The van der Waals surface area contributed by atoms with Crippen molar-refractivity contribution in [1.29, 1.82) is 0 Å². The second-order valence-electron chi connectivity index (χ2n) is 6.67. The number of carbonyl (C=O) groups excluding carboxylic acids is 3. The molecule has 1 heterocycles. The molecule has 2 aliphatic rings. The van der Waals surface area contributed by atoms with Crippen LogP contribution in [0.5, 0.6) is 17.2 Å². The third-order valence-corrected chi connectivity index (χ3v) is 5.14. The molecule has 0 radical (unpaired) electrons. The molecule has 0 unspecified atom stereocenters. The smallest absolute Gasteiger partial charge is 0.173 e. The first-order valence-corrected chi connectivity index (χ1v) is 7.77. The molecule has 0 fully saturated rings. The summed E-state index contributed by atoms with van der Waals surface area (Å²) in [6.07, 6.45) is -1.09. The summed E-state index contributed by atoms with van der Waals surface area (Å²) in [5.41, 5.74) is -1.67. The van der Waals surface area contributed by atoms with E-state index in [9.17, 15) is 29.7 Å². The first-order chi connectivity index (χ1) is 11.5. The monoisotopic (exact) mass is 346 g/mol. The molecule has 1 aromatic carbocycles.